The Morgan fingerprint density at radius 2 is 1.96 bits per heavy atom. The first-order chi connectivity index (χ1) is 13.2. The number of hydrogen-bond acceptors (Lipinski definition) is 5. The summed E-state index contributed by atoms with van der Waals surface area (Å²) in [6.45, 7) is 4.01. The molecule has 27 heavy (non-hydrogen) atoms. The highest BCUT2D eigenvalue weighted by Crippen LogP contribution is 2.39. The second-order valence-electron chi connectivity index (χ2n) is 7.69. The third kappa shape index (κ3) is 5.23. The topological polar surface area (TPSA) is 59.0 Å². The maximum Gasteiger partial charge on any atom is 0.161 e. The summed E-state index contributed by atoms with van der Waals surface area (Å²) in [5.41, 5.74) is 2.17. The number of hydrogen-bond donors (Lipinski definition) is 1. The van der Waals surface area contributed by atoms with Crippen molar-refractivity contribution in [3.05, 3.63) is 23.3 Å². The lowest BCUT2D eigenvalue weighted by Crippen LogP contribution is -2.33. The van der Waals surface area contributed by atoms with Crippen molar-refractivity contribution in [2.24, 2.45) is 0 Å². The molecule has 3 rings (SSSR count). The number of carbonyl (C=O) groups is 1. The van der Waals surface area contributed by atoms with Gasteiger partial charge in [0.1, 0.15) is 12.4 Å². The van der Waals surface area contributed by atoms with E-state index in [9.17, 15) is 9.90 Å². The largest absolute Gasteiger partial charge is 0.493 e. The first-order valence-corrected chi connectivity index (χ1v) is 10.4. The number of ketones is 1. The molecule has 150 valence electrons. The van der Waals surface area contributed by atoms with E-state index in [2.05, 4.69) is 4.90 Å². The van der Waals surface area contributed by atoms with Crippen LogP contribution in [0.25, 0.3) is 0 Å². The number of aliphatic hydroxyl groups is 1. The lowest BCUT2D eigenvalue weighted by Gasteiger charge is -2.26. The van der Waals surface area contributed by atoms with E-state index in [1.54, 1.807) is 7.11 Å². The van der Waals surface area contributed by atoms with E-state index in [-0.39, 0.29) is 12.5 Å². The molecule has 1 saturated carbocycles. The first kappa shape index (κ1) is 20.2. The maximum absolute atomic E-state index is 12.4. The average Bonchev–Trinajstić information content (AvgIpc) is 3.13. The summed E-state index contributed by atoms with van der Waals surface area (Å²) >= 11 is 0. The third-order valence-corrected chi connectivity index (χ3v) is 5.82. The standard InChI is InChI=1S/C22H33NO4/c1-26-21-15-17(7-6-13-24)19(18-8-5-9-20(18)25)16-22(21)27-14-12-23-10-3-2-4-11-23/h15-16,18,24H,2-14H2,1H3. The van der Waals surface area contributed by atoms with Crippen LogP contribution < -0.4 is 9.47 Å². The predicted octanol–water partition coefficient (Wildman–Crippen LogP) is 3.32. The van der Waals surface area contributed by atoms with E-state index in [1.807, 2.05) is 12.1 Å². The van der Waals surface area contributed by atoms with Crippen molar-refractivity contribution in [1.82, 2.24) is 4.90 Å². The van der Waals surface area contributed by atoms with Crippen LogP contribution in [0.5, 0.6) is 11.5 Å². The molecule has 0 spiro atoms. The number of aliphatic hydroxyl groups excluding tert-OH is 1. The quantitative estimate of drug-likeness (QED) is 0.717. The minimum atomic E-state index is -0.0333. The van der Waals surface area contributed by atoms with Crippen molar-refractivity contribution in [2.75, 3.05) is 40.0 Å². The minimum absolute atomic E-state index is 0.0333. The Balaban J connectivity index is 1.75. The van der Waals surface area contributed by atoms with Crippen molar-refractivity contribution >= 4 is 5.78 Å². The number of rotatable bonds is 9. The minimum Gasteiger partial charge on any atom is -0.493 e. The fourth-order valence-corrected chi connectivity index (χ4v) is 4.31. The molecule has 2 fully saturated rings. The molecular formula is C22H33NO4. The van der Waals surface area contributed by atoms with Gasteiger partial charge in [0.05, 0.1) is 7.11 Å². The monoisotopic (exact) mass is 375 g/mol. The molecule has 1 unspecified atom stereocenters. The molecule has 0 amide bonds. The number of nitrogens with zero attached hydrogens (tertiary/aromatic N) is 1. The normalized spacial score (nSPS) is 20.8. The molecule has 5 heteroatoms. The number of benzene rings is 1. The highest BCUT2D eigenvalue weighted by Gasteiger charge is 2.29. The molecule has 0 aromatic heterocycles. The summed E-state index contributed by atoms with van der Waals surface area (Å²) in [7, 11) is 1.66. The van der Waals surface area contributed by atoms with Gasteiger partial charge in [-0.25, -0.2) is 0 Å². The molecule has 1 N–H and O–H groups in total. The zero-order valence-corrected chi connectivity index (χ0v) is 16.5. The fourth-order valence-electron chi connectivity index (χ4n) is 4.31. The van der Waals surface area contributed by atoms with E-state index in [4.69, 9.17) is 9.47 Å². The zero-order valence-electron chi connectivity index (χ0n) is 16.5. The van der Waals surface area contributed by atoms with Gasteiger partial charge in [-0.15, -0.1) is 0 Å². The summed E-state index contributed by atoms with van der Waals surface area (Å²) in [4.78, 5) is 14.8. The zero-order chi connectivity index (χ0) is 19.1. The Labute approximate surface area is 162 Å². The van der Waals surface area contributed by atoms with Gasteiger partial charge in [-0.2, -0.15) is 0 Å². The van der Waals surface area contributed by atoms with Crippen molar-refractivity contribution < 1.29 is 19.4 Å². The number of aryl methyl sites for hydroxylation is 1. The molecule has 1 aliphatic heterocycles. The molecule has 1 aromatic carbocycles. The van der Waals surface area contributed by atoms with Gasteiger partial charge in [0.2, 0.25) is 0 Å². The fraction of sp³-hybridized carbons (Fsp3) is 0.682. The van der Waals surface area contributed by atoms with E-state index in [0.29, 0.717) is 25.2 Å². The molecule has 1 aromatic rings. The van der Waals surface area contributed by atoms with E-state index >= 15 is 0 Å². The Bertz CT molecular complexity index is 625. The summed E-state index contributed by atoms with van der Waals surface area (Å²) in [6, 6.07) is 4.03. The van der Waals surface area contributed by atoms with Crippen LogP contribution in [-0.2, 0) is 11.2 Å². The van der Waals surface area contributed by atoms with Crippen LogP contribution >= 0.6 is 0 Å². The van der Waals surface area contributed by atoms with Crippen LogP contribution in [0.4, 0.5) is 0 Å². The molecule has 2 aliphatic rings. The van der Waals surface area contributed by atoms with Crippen molar-refractivity contribution in [3.8, 4) is 11.5 Å². The van der Waals surface area contributed by atoms with Gasteiger partial charge in [0.25, 0.3) is 0 Å². The number of piperidine rings is 1. The number of ether oxygens (including phenoxy) is 2. The van der Waals surface area contributed by atoms with Crippen LogP contribution in [0.15, 0.2) is 12.1 Å². The number of Topliss-reactive ketones (excluding diaryl/α,β-unsaturated/α-hetero) is 1. The highest BCUT2D eigenvalue weighted by atomic mass is 16.5. The van der Waals surface area contributed by atoms with Gasteiger partial charge < -0.3 is 14.6 Å². The molecule has 0 radical (unpaired) electrons. The van der Waals surface area contributed by atoms with Crippen LogP contribution in [0.1, 0.15) is 62.0 Å². The van der Waals surface area contributed by atoms with Crippen LogP contribution in [0.3, 0.4) is 0 Å². The van der Waals surface area contributed by atoms with Crippen LogP contribution in [0, 0.1) is 0 Å². The lowest BCUT2D eigenvalue weighted by atomic mass is 9.89. The van der Waals surface area contributed by atoms with E-state index in [0.717, 1.165) is 61.5 Å². The van der Waals surface area contributed by atoms with Gasteiger partial charge in [-0.05, 0) is 74.9 Å². The Hall–Kier alpha value is -1.59. The smallest absolute Gasteiger partial charge is 0.161 e. The Morgan fingerprint density at radius 1 is 1.15 bits per heavy atom. The maximum atomic E-state index is 12.4. The average molecular weight is 376 g/mol. The summed E-state index contributed by atoms with van der Waals surface area (Å²) in [5, 5.41) is 9.23. The Morgan fingerprint density at radius 3 is 2.63 bits per heavy atom. The summed E-state index contributed by atoms with van der Waals surface area (Å²) in [5.74, 6) is 1.74. The number of carbonyl (C=O) groups excluding carboxylic acids is 1. The lowest BCUT2D eigenvalue weighted by molar-refractivity contribution is -0.118. The van der Waals surface area contributed by atoms with Gasteiger partial charge in [-0.1, -0.05) is 6.42 Å². The van der Waals surface area contributed by atoms with Crippen molar-refractivity contribution in [1.29, 1.82) is 0 Å². The predicted molar refractivity (Wildman–Crippen MR) is 106 cm³/mol. The van der Waals surface area contributed by atoms with Gasteiger partial charge in [0, 0.05) is 25.5 Å². The Kier molecular flexibility index (Phi) is 7.53. The third-order valence-electron chi connectivity index (χ3n) is 5.82. The van der Waals surface area contributed by atoms with Crippen LogP contribution in [0.2, 0.25) is 0 Å². The number of methoxy groups -OCH3 is 1. The summed E-state index contributed by atoms with van der Waals surface area (Å²) < 4.78 is 11.7. The molecule has 5 nitrogen and oxygen atoms in total. The highest BCUT2D eigenvalue weighted by molar-refractivity contribution is 5.88. The molecule has 0 bridgehead atoms. The first-order valence-electron chi connectivity index (χ1n) is 10.4. The van der Waals surface area contributed by atoms with Gasteiger partial charge >= 0.3 is 0 Å². The molecular weight excluding hydrogens is 342 g/mol. The van der Waals surface area contributed by atoms with Gasteiger partial charge in [-0.3, -0.25) is 9.69 Å². The molecule has 1 aliphatic carbocycles. The summed E-state index contributed by atoms with van der Waals surface area (Å²) in [6.07, 6.45) is 7.85. The molecule has 1 heterocycles. The SMILES string of the molecule is COc1cc(CCCO)c(C2CCCC2=O)cc1OCCN1CCCCC1. The molecule has 1 atom stereocenters. The van der Waals surface area contributed by atoms with Crippen LogP contribution in [-0.4, -0.2) is 55.7 Å². The van der Waals surface area contributed by atoms with E-state index < -0.39 is 0 Å². The second-order valence-corrected chi connectivity index (χ2v) is 7.69. The van der Waals surface area contributed by atoms with E-state index in [1.165, 1.54) is 19.3 Å². The van der Waals surface area contributed by atoms with Crippen molar-refractivity contribution in [2.45, 2.75) is 57.3 Å². The van der Waals surface area contributed by atoms with Gasteiger partial charge in [0.15, 0.2) is 11.5 Å². The second kappa shape index (κ2) is 10.1. The number of likely N-dealkylation sites (tertiary alicyclic amines) is 1. The van der Waals surface area contributed by atoms with Crippen molar-refractivity contribution in [3.63, 3.8) is 0 Å². The molecule has 1 saturated heterocycles.